The average molecular weight is 389 g/mol. The second-order valence-corrected chi connectivity index (χ2v) is 7.02. The van der Waals surface area contributed by atoms with E-state index in [4.69, 9.17) is 0 Å². The molecule has 0 bridgehead atoms. The molecule has 0 fully saturated rings. The van der Waals surface area contributed by atoms with Crippen LogP contribution in [0.4, 0.5) is 23.7 Å². The van der Waals surface area contributed by atoms with Gasteiger partial charge in [0.2, 0.25) is 0 Å². The van der Waals surface area contributed by atoms with E-state index in [1.165, 1.54) is 4.90 Å². The molecule has 4 rings (SSSR count). The number of nitrogens with zero attached hydrogens (tertiary/aromatic N) is 2. The lowest BCUT2D eigenvalue weighted by atomic mass is 10.00. The molecule has 0 aromatic heterocycles. The van der Waals surface area contributed by atoms with Gasteiger partial charge in [0, 0.05) is 36.4 Å². The Morgan fingerprint density at radius 3 is 2.57 bits per heavy atom. The molecule has 2 aliphatic heterocycles. The van der Waals surface area contributed by atoms with Gasteiger partial charge in [-0.05, 0) is 18.9 Å². The summed E-state index contributed by atoms with van der Waals surface area (Å²) in [7, 11) is 0. The number of hydrogen-bond donors (Lipinski definition) is 1. The molecule has 8 heteroatoms. The number of benzene rings is 1. The van der Waals surface area contributed by atoms with Crippen LogP contribution in [-0.2, 0) is 4.79 Å². The SMILES string of the molecule is CC1C=CC=CN2C3=C(C(=O)CCC3)N(C(=O)Nc3c(F)cc(F)cc3F)C12. The zero-order valence-electron chi connectivity index (χ0n) is 15.1. The van der Waals surface area contributed by atoms with E-state index in [0.717, 1.165) is 5.70 Å². The van der Waals surface area contributed by atoms with E-state index in [9.17, 15) is 22.8 Å². The maximum atomic E-state index is 14.0. The van der Waals surface area contributed by atoms with E-state index in [-0.39, 0.29) is 17.4 Å². The Balaban J connectivity index is 1.75. The standard InChI is InChI=1S/C20H18F3N3O2/c1-11-5-2-3-8-25-15-6-4-7-16(27)18(15)26(19(11)25)20(28)24-17-13(22)9-12(21)10-14(17)23/h2-3,5,8-11,19H,4,6-7H2,1H3,(H,24,28). The van der Waals surface area contributed by atoms with Gasteiger partial charge >= 0.3 is 6.03 Å². The molecule has 2 heterocycles. The average Bonchev–Trinajstić information content (AvgIpc) is 2.85. The molecule has 2 atom stereocenters. The molecule has 0 radical (unpaired) electrons. The monoisotopic (exact) mass is 389 g/mol. The molecular weight excluding hydrogens is 371 g/mol. The van der Waals surface area contributed by atoms with Crippen molar-refractivity contribution in [2.75, 3.05) is 5.32 Å². The van der Waals surface area contributed by atoms with Crippen LogP contribution in [0.5, 0.6) is 0 Å². The summed E-state index contributed by atoms with van der Waals surface area (Å²) in [4.78, 5) is 28.8. The number of carbonyl (C=O) groups is 2. The summed E-state index contributed by atoms with van der Waals surface area (Å²) in [5.74, 6) is -3.86. The highest BCUT2D eigenvalue weighted by Gasteiger charge is 2.46. The van der Waals surface area contributed by atoms with Crippen molar-refractivity contribution in [2.24, 2.45) is 5.92 Å². The first-order valence-corrected chi connectivity index (χ1v) is 9.03. The lowest BCUT2D eigenvalue weighted by molar-refractivity contribution is -0.117. The van der Waals surface area contributed by atoms with Crippen molar-refractivity contribution in [1.82, 2.24) is 9.80 Å². The lowest BCUT2D eigenvalue weighted by Gasteiger charge is -2.33. The van der Waals surface area contributed by atoms with Gasteiger partial charge in [-0.3, -0.25) is 9.69 Å². The number of fused-ring (bicyclic) bond motifs is 2. The lowest BCUT2D eigenvalue weighted by Crippen LogP contribution is -2.47. The van der Waals surface area contributed by atoms with Crippen LogP contribution in [0, 0.1) is 23.4 Å². The van der Waals surface area contributed by atoms with E-state index < -0.39 is 35.3 Å². The molecule has 2 unspecified atom stereocenters. The van der Waals surface area contributed by atoms with Crippen LogP contribution in [-0.4, -0.2) is 27.8 Å². The quantitative estimate of drug-likeness (QED) is 0.781. The van der Waals surface area contributed by atoms with Gasteiger partial charge < -0.3 is 10.2 Å². The number of amides is 2. The highest BCUT2D eigenvalue weighted by Crippen LogP contribution is 2.41. The number of Topliss-reactive ketones (excluding diaryl/α,β-unsaturated/α-hetero) is 1. The van der Waals surface area contributed by atoms with E-state index in [0.29, 0.717) is 31.4 Å². The fraction of sp³-hybridized carbons (Fsp3) is 0.300. The molecule has 1 aliphatic carbocycles. The normalized spacial score (nSPS) is 23.6. The number of carbonyl (C=O) groups excluding carboxylic acids is 2. The van der Waals surface area contributed by atoms with Crippen LogP contribution in [0.1, 0.15) is 26.2 Å². The fourth-order valence-electron chi connectivity index (χ4n) is 3.95. The molecule has 3 aliphatic rings. The van der Waals surface area contributed by atoms with Crippen molar-refractivity contribution in [3.63, 3.8) is 0 Å². The molecule has 0 saturated carbocycles. The maximum Gasteiger partial charge on any atom is 0.328 e. The van der Waals surface area contributed by atoms with Gasteiger partial charge in [0.25, 0.3) is 0 Å². The second kappa shape index (κ2) is 6.85. The van der Waals surface area contributed by atoms with Gasteiger partial charge in [-0.2, -0.15) is 0 Å². The number of rotatable bonds is 1. The molecular formula is C20H18F3N3O2. The predicted octanol–water partition coefficient (Wildman–Crippen LogP) is 4.26. The Kier molecular flexibility index (Phi) is 4.49. The van der Waals surface area contributed by atoms with Gasteiger partial charge in [0.15, 0.2) is 17.4 Å². The van der Waals surface area contributed by atoms with E-state index in [1.807, 2.05) is 30.1 Å². The fourth-order valence-corrected chi connectivity index (χ4v) is 3.95. The van der Waals surface area contributed by atoms with Crippen LogP contribution in [0.25, 0.3) is 0 Å². The Morgan fingerprint density at radius 2 is 1.86 bits per heavy atom. The largest absolute Gasteiger partial charge is 0.328 e. The van der Waals surface area contributed by atoms with Crippen LogP contribution in [0.3, 0.4) is 0 Å². The van der Waals surface area contributed by atoms with E-state index >= 15 is 0 Å². The number of urea groups is 1. The summed E-state index contributed by atoms with van der Waals surface area (Å²) in [5, 5.41) is 2.18. The first-order chi connectivity index (χ1) is 13.4. The first kappa shape index (κ1) is 18.3. The summed E-state index contributed by atoms with van der Waals surface area (Å²) in [5.41, 5.74) is 0.231. The van der Waals surface area contributed by atoms with E-state index in [1.54, 1.807) is 6.20 Å². The minimum absolute atomic E-state index is 0.151. The zero-order valence-corrected chi connectivity index (χ0v) is 15.1. The minimum Gasteiger partial charge on any atom is -0.327 e. The number of allylic oxidation sites excluding steroid dienone is 4. The molecule has 1 aromatic carbocycles. The van der Waals surface area contributed by atoms with Crippen molar-refractivity contribution >= 4 is 17.5 Å². The highest BCUT2D eigenvalue weighted by atomic mass is 19.1. The van der Waals surface area contributed by atoms with Crippen LogP contribution in [0.2, 0.25) is 0 Å². The summed E-state index contributed by atoms with van der Waals surface area (Å²) in [6.45, 7) is 1.89. The van der Waals surface area contributed by atoms with Gasteiger partial charge in [-0.15, -0.1) is 0 Å². The first-order valence-electron chi connectivity index (χ1n) is 9.03. The molecule has 0 spiro atoms. The molecule has 5 nitrogen and oxygen atoms in total. The molecule has 1 N–H and O–H groups in total. The topological polar surface area (TPSA) is 52.7 Å². The summed E-state index contributed by atoms with van der Waals surface area (Å²) in [6.07, 6.45) is 8.42. The Labute approximate surface area is 159 Å². The third-order valence-electron chi connectivity index (χ3n) is 5.16. The number of halogens is 3. The Hall–Kier alpha value is -3.03. The molecule has 2 amide bonds. The van der Waals surface area contributed by atoms with Crippen molar-refractivity contribution in [1.29, 1.82) is 0 Å². The highest BCUT2D eigenvalue weighted by molar-refractivity contribution is 6.03. The van der Waals surface area contributed by atoms with Gasteiger partial charge in [0.05, 0.1) is 0 Å². The number of hydrogen-bond acceptors (Lipinski definition) is 3. The van der Waals surface area contributed by atoms with E-state index in [2.05, 4.69) is 5.32 Å². The number of anilines is 1. The van der Waals surface area contributed by atoms with Crippen molar-refractivity contribution < 1.29 is 22.8 Å². The number of nitrogens with one attached hydrogen (secondary N) is 1. The van der Waals surface area contributed by atoms with Crippen molar-refractivity contribution in [3.8, 4) is 0 Å². The molecule has 0 saturated heterocycles. The van der Waals surface area contributed by atoms with Crippen LogP contribution in [0.15, 0.2) is 48.0 Å². The second-order valence-electron chi connectivity index (χ2n) is 7.02. The summed E-state index contributed by atoms with van der Waals surface area (Å²) in [6, 6.07) is 0.145. The van der Waals surface area contributed by atoms with Crippen LogP contribution >= 0.6 is 0 Å². The molecule has 146 valence electrons. The smallest absolute Gasteiger partial charge is 0.327 e. The van der Waals surface area contributed by atoms with Crippen molar-refractivity contribution in [2.45, 2.75) is 32.4 Å². The molecule has 1 aromatic rings. The Morgan fingerprint density at radius 1 is 1.14 bits per heavy atom. The number of ketones is 1. The maximum absolute atomic E-state index is 14.0. The molecule has 28 heavy (non-hydrogen) atoms. The van der Waals surface area contributed by atoms with Crippen molar-refractivity contribution in [3.05, 3.63) is 65.4 Å². The van der Waals surface area contributed by atoms with Gasteiger partial charge in [0.1, 0.15) is 23.4 Å². The zero-order chi connectivity index (χ0) is 20.0. The van der Waals surface area contributed by atoms with Gasteiger partial charge in [-0.1, -0.05) is 19.1 Å². The third-order valence-corrected chi connectivity index (χ3v) is 5.16. The minimum atomic E-state index is -1.22. The Bertz CT molecular complexity index is 931. The van der Waals surface area contributed by atoms with Crippen LogP contribution < -0.4 is 5.32 Å². The predicted molar refractivity (Wildman–Crippen MR) is 96.1 cm³/mol. The summed E-state index contributed by atoms with van der Waals surface area (Å²) < 4.78 is 41.2. The summed E-state index contributed by atoms with van der Waals surface area (Å²) >= 11 is 0. The third kappa shape index (κ3) is 2.89. The van der Waals surface area contributed by atoms with Gasteiger partial charge in [-0.25, -0.2) is 18.0 Å².